The van der Waals surface area contributed by atoms with E-state index in [1.54, 1.807) is 26.6 Å². The van der Waals surface area contributed by atoms with Crippen LogP contribution in [0, 0.1) is 0 Å². The van der Waals surface area contributed by atoms with E-state index in [0.29, 0.717) is 12.5 Å². The fraction of sp³-hybridized carbons (Fsp3) is 0.471. The zero-order chi connectivity index (χ0) is 17.9. The van der Waals surface area contributed by atoms with Crippen molar-refractivity contribution in [3.8, 4) is 0 Å². The van der Waals surface area contributed by atoms with Crippen molar-refractivity contribution in [1.82, 2.24) is 25.3 Å². The minimum absolute atomic E-state index is 0.0383. The summed E-state index contributed by atoms with van der Waals surface area (Å²) in [6, 6.07) is 5.71. The molecule has 2 N–H and O–H groups in total. The summed E-state index contributed by atoms with van der Waals surface area (Å²) in [5.41, 5.74) is 0. The predicted molar refractivity (Wildman–Crippen MR) is 96.3 cm³/mol. The van der Waals surface area contributed by atoms with Gasteiger partial charge in [-0.2, -0.15) is 5.10 Å². The standard InChI is InChI=1S/C17H26N6O2/c1-22(2)16(24)14-20-17(19-10-7-15-6-3-13-25-15)18-8-4-11-23-12-5-9-21-23/h3,5-6,9,12-13H,4,7-8,10-11,14H2,1-2H3,(H2,18,19,20). The molecule has 0 atom stereocenters. The Morgan fingerprint density at radius 3 is 2.84 bits per heavy atom. The number of hydrogen-bond acceptors (Lipinski definition) is 4. The van der Waals surface area contributed by atoms with Gasteiger partial charge >= 0.3 is 0 Å². The smallest absolute Gasteiger partial charge is 0.243 e. The first-order valence-corrected chi connectivity index (χ1v) is 8.37. The molecule has 0 fully saturated rings. The van der Waals surface area contributed by atoms with Gasteiger partial charge in [0, 0.05) is 52.5 Å². The molecular formula is C17H26N6O2. The van der Waals surface area contributed by atoms with Crippen LogP contribution in [0.5, 0.6) is 0 Å². The van der Waals surface area contributed by atoms with Crippen LogP contribution in [0.15, 0.2) is 46.3 Å². The Labute approximate surface area is 147 Å². The van der Waals surface area contributed by atoms with Gasteiger partial charge in [-0.25, -0.2) is 4.99 Å². The third-order valence-electron chi connectivity index (χ3n) is 3.53. The van der Waals surface area contributed by atoms with E-state index in [1.807, 2.05) is 29.1 Å². The minimum atomic E-state index is -0.0383. The summed E-state index contributed by atoms with van der Waals surface area (Å²) in [5, 5.41) is 10.7. The number of nitrogens with one attached hydrogen (secondary N) is 2. The van der Waals surface area contributed by atoms with Gasteiger partial charge < -0.3 is 20.0 Å². The van der Waals surface area contributed by atoms with E-state index in [4.69, 9.17) is 4.42 Å². The Hall–Kier alpha value is -2.77. The molecule has 2 heterocycles. The number of aliphatic imine (C=N–C) groups is 1. The van der Waals surface area contributed by atoms with Gasteiger partial charge in [-0.05, 0) is 24.6 Å². The lowest BCUT2D eigenvalue weighted by Crippen LogP contribution is -2.40. The molecule has 2 aromatic rings. The van der Waals surface area contributed by atoms with Crippen molar-refractivity contribution >= 4 is 11.9 Å². The quantitative estimate of drug-likeness (QED) is 0.397. The summed E-state index contributed by atoms with van der Waals surface area (Å²) < 4.78 is 7.20. The second kappa shape index (κ2) is 10.2. The summed E-state index contributed by atoms with van der Waals surface area (Å²) in [6.45, 7) is 2.36. The third-order valence-corrected chi connectivity index (χ3v) is 3.53. The Balaban J connectivity index is 1.77. The molecule has 0 spiro atoms. The van der Waals surface area contributed by atoms with Crippen LogP contribution < -0.4 is 10.6 Å². The highest BCUT2D eigenvalue weighted by Crippen LogP contribution is 1.99. The summed E-state index contributed by atoms with van der Waals surface area (Å²) in [7, 11) is 3.44. The van der Waals surface area contributed by atoms with Crippen LogP contribution in [-0.2, 0) is 17.8 Å². The second-order valence-electron chi connectivity index (χ2n) is 5.76. The number of carbonyl (C=O) groups is 1. The topological polar surface area (TPSA) is 87.7 Å². The van der Waals surface area contributed by atoms with Gasteiger partial charge in [0.1, 0.15) is 12.3 Å². The molecule has 2 rings (SSSR count). The highest BCUT2D eigenvalue weighted by atomic mass is 16.3. The van der Waals surface area contributed by atoms with E-state index >= 15 is 0 Å². The van der Waals surface area contributed by atoms with Crippen LogP contribution in [0.25, 0.3) is 0 Å². The van der Waals surface area contributed by atoms with Crippen molar-refractivity contribution in [2.24, 2.45) is 4.99 Å². The van der Waals surface area contributed by atoms with Crippen molar-refractivity contribution in [3.05, 3.63) is 42.6 Å². The number of nitrogens with zero attached hydrogens (tertiary/aromatic N) is 4. The van der Waals surface area contributed by atoms with Crippen LogP contribution in [0.4, 0.5) is 0 Å². The maximum absolute atomic E-state index is 11.7. The SMILES string of the molecule is CN(C)C(=O)CN=C(NCCCn1cccn1)NCCc1ccco1. The predicted octanol–water partition coefficient (Wildman–Crippen LogP) is 0.732. The molecular weight excluding hydrogens is 320 g/mol. The van der Waals surface area contributed by atoms with Gasteiger partial charge in [-0.15, -0.1) is 0 Å². The number of furan rings is 1. The van der Waals surface area contributed by atoms with Gasteiger partial charge in [0.25, 0.3) is 0 Å². The first-order valence-electron chi connectivity index (χ1n) is 8.37. The van der Waals surface area contributed by atoms with E-state index < -0.39 is 0 Å². The van der Waals surface area contributed by atoms with E-state index in [-0.39, 0.29) is 12.5 Å². The number of carbonyl (C=O) groups excluding carboxylic acids is 1. The molecule has 8 nitrogen and oxygen atoms in total. The fourth-order valence-electron chi connectivity index (χ4n) is 2.10. The minimum Gasteiger partial charge on any atom is -0.469 e. The lowest BCUT2D eigenvalue weighted by Gasteiger charge is -2.13. The van der Waals surface area contributed by atoms with Crippen LogP contribution in [-0.4, -0.2) is 60.3 Å². The van der Waals surface area contributed by atoms with E-state index in [0.717, 1.165) is 31.7 Å². The van der Waals surface area contributed by atoms with Gasteiger partial charge in [0.15, 0.2) is 5.96 Å². The van der Waals surface area contributed by atoms with E-state index in [9.17, 15) is 4.79 Å². The zero-order valence-corrected chi connectivity index (χ0v) is 14.8. The average molecular weight is 346 g/mol. The van der Waals surface area contributed by atoms with Crippen molar-refractivity contribution in [2.75, 3.05) is 33.7 Å². The van der Waals surface area contributed by atoms with Crippen molar-refractivity contribution in [2.45, 2.75) is 19.4 Å². The Morgan fingerprint density at radius 2 is 2.16 bits per heavy atom. The Kier molecular flexibility index (Phi) is 7.55. The number of rotatable bonds is 9. The van der Waals surface area contributed by atoms with Crippen LogP contribution in [0.1, 0.15) is 12.2 Å². The maximum atomic E-state index is 11.7. The number of amides is 1. The number of aromatic nitrogens is 2. The monoisotopic (exact) mass is 346 g/mol. The number of aryl methyl sites for hydroxylation is 1. The van der Waals surface area contributed by atoms with E-state index in [2.05, 4.69) is 20.7 Å². The average Bonchev–Trinajstić information content (AvgIpc) is 3.29. The molecule has 2 aromatic heterocycles. The largest absolute Gasteiger partial charge is 0.469 e. The van der Waals surface area contributed by atoms with Gasteiger partial charge in [0.2, 0.25) is 5.91 Å². The molecule has 0 radical (unpaired) electrons. The molecule has 0 unspecified atom stereocenters. The number of hydrogen-bond donors (Lipinski definition) is 2. The lowest BCUT2D eigenvalue weighted by atomic mass is 10.3. The van der Waals surface area contributed by atoms with Crippen molar-refractivity contribution in [3.63, 3.8) is 0 Å². The lowest BCUT2D eigenvalue weighted by molar-refractivity contribution is -0.127. The zero-order valence-electron chi connectivity index (χ0n) is 14.8. The Morgan fingerprint density at radius 1 is 1.32 bits per heavy atom. The third kappa shape index (κ3) is 7.11. The number of guanidine groups is 1. The fourth-order valence-corrected chi connectivity index (χ4v) is 2.10. The highest BCUT2D eigenvalue weighted by Gasteiger charge is 2.05. The molecule has 136 valence electrons. The normalized spacial score (nSPS) is 11.4. The molecule has 0 bridgehead atoms. The summed E-state index contributed by atoms with van der Waals surface area (Å²) in [6.07, 6.45) is 7.02. The molecule has 8 heteroatoms. The molecule has 0 aliphatic rings. The maximum Gasteiger partial charge on any atom is 0.243 e. The van der Waals surface area contributed by atoms with E-state index in [1.165, 1.54) is 4.90 Å². The van der Waals surface area contributed by atoms with Gasteiger partial charge in [-0.3, -0.25) is 9.48 Å². The molecule has 0 aliphatic heterocycles. The highest BCUT2D eigenvalue weighted by molar-refractivity contribution is 5.84. The van der Waals surface area contributed by atoms with Gasteiger partial charge in [-0.1, -0.05) is 0 Å². The molecule has 0 saturated carbocycles. The Bertz CT molecular complexity index is 634. The van der Waals surface area contributed by atoms with Crippen molar-refractivity contribution < 1.29 is 9.21 Å². The van der Waals surface area contributed by atoms with Crippen molar-refractivity contribution in [1.29, 1.82) is 0 Å². The van der Waals surface area contributed by atoms with Crippen LogP contribution in [0.2, 0.25) is 0 Å². The first-order chi connectivity index (χ1) is 12.1. The summed E-state index contributed by atoms with van der Waals surface area (Å²) in [4.78, 5) is 17.6. The molecule has 25 heavy (non-hydrogen) atoms. The molecule has 0 aliphatic carbocycles. The second-order valence-corrected chi connectivity index (χ2v) is 5.76. The first kappa shape index (κ1) is 18.6. The van der Waals surface area contributed by atoms with Gasteiger partial charge in [0.05, 0.1) is 6.26 Å². The summed E-state index contributed by atoms with van der Waals surface area (Å²) >= 11 is 0. The molecule has 0 saturated heterocycles. The van der Waals surface area contributed by atoms with Crippen LogP contribution >= 0.6 is 0 Å². The molecule has 1 amide bonds. The van der Waals surface area contributed by atoms with Crippen LogP contribution in [0.3, 0.4) is 0 Å². The number of likely N-dealkylation sites (N-methyl/N-ethyl adjacent to an activating group) is 1. The summed E-state index contributed by atoms with van der Waals surface area (Å²) in [5.74, 6) is 1.50. The molecule has 0 aromatic carbocycles.